The molecule has 0 saturated carbocycles. The third-order valence-electron chi connectivity index (χ3n) is 3.67. The van der Waals surface area contributed by atoms with Gasteiger partial charge in [0.1, 0.15) is 0 Å². The Morgan fingerprint density at radius 2 is 2.24 bits per heavy atom. The first-order valence-electron chi connectivity index (χ1n) is 7.14. The number of aryl methyl sites for hydroxylation is 2. The largest absolute Gasteiger partial charge is 0.350 e. The van der Waals surface area contributed by atoms with Crippen molar-refractivity contribution in [3.63, 3.8) is 0 Å². The first kappa shape index (κ1) is 14.0. The van der Waals surface area contributed by atoms with Crippen molar-refractivity contribution in [3.8, 4) is 0 Å². The first-order chi connectivity index (χ1) is 10.2. The van der Waals surface area contributed by atoms with Crippen molar-refractivity contribution in [2.45, 2.75) is 32.2 Å². The number of carbonyl (C=O) groups excluding carboxylic acids is 1. The minimum Gasteiger partial charge on any atom is -0.350 e. The standard InChI is InChI=1S/C15H17N3O2S/c19-14-9-11-3-1-2-4-13(11)17-18(14)7-6-16-15(20)12-5-8-21-10-12/h5,8-10H,1-4,6-7H2,(H,16,20). The van der Waals surface area contributed by atoms with E-state index in [0.29, 0.717) is 18.7 Å². The van der Waals surface area contributed by atoms with Gasteiger partial charge in [-0.3, -0.25) is 9.59 Å². The average Bonchev–Trinajstić information content (AvgIpc) is 3.02. The fraction of sp³-hybridized carbons (Fsp3) is 0.400. The number of hydrogen-bond donors (Lipinski definition) is 1. The van der Waals surface area contributed by atoms with Crippen LogP contribution in [-0.2, 0) is 19.4 Å². The molecule has 0 atom stereocenters. The SMILES string of the molecule is O=C(NCCn1nc2c(cc1=O)CCCC2)c1ccsc1. The van der Waals surface area contributed by atoms with Gasteiger partial charge >= 0.3 is 0 Å². The van der Waals surface area contributed by atoms with Crippen LogP contribution in [0, 0.1) is 0 Å². The van der Waals surface area contributed by atoms with Crippen molar-refractivity contribution < 1.29 is 4.79 Å². The van der Waals surface area contributed by atoms with E-state index in [-0.39, 0.29) is 11.5 Å². The number of thiophene rings is 1. The molecule has 0 fully saturated rings. The maximum absolute atomic E-state index is 12.0. The molecule has 5 nitrogen and oxygen atoms in total. The van der Waals surface area contributed by atoms with Gasteiger partial charge in [-0.1, -0.05) is 0 Å². The highest BCUT2D eigenvalue weighted by molar-refractivity contribution is 7.08. The van der Waals surface area contributed by atoms with Crippen molar-refractivity contribution in [1.29, 1.82) is 0 Å². The average molecular weight is 303 g/mol. The van der Waals surface area contributed by atoms with E-state index in [0.717, 1.165) is 36.9 Å². The summed E-state index contributed by atoms with van der Waals surface area (Å²) >= 11 is 1.49. The van der Waals surface area contributed by atoms with Crippen LogP contribution in [0.15, 0.2) is 27.7 Å². The molecule has 0 unspecified atom stereocenters. The molecule has 1 aliphatic carbocycles. The van der Waals surface area contributed by atoms with Gasteiger partial charge in [-0.2, -0.15) is 16.4 Å². The maximum atomic E-state index is 12.0. The molecule has 2 aromatic rings. The smallest absolute Gasteiger partial charge is 0.267 e. The number of amides is 1. The van der Waals surface area contributed by atoms with Crippen LogP contribution in [0.25, 0.3) is 0 Å². The highest BCUT2D eigenvalue weighted by atomic mass is 32.1. The summed E-state index contributed by atoms with van der Waals surface area (Å²) in [5, 5.41) is 10.9. The third kappa shape index (κ3) is 3.21. The van der Waals surface area contributed by atoms with Crippen molar-refractivity contribution in [2.75, 3.05) is 6.54 Å². The number of carbonyl (C=O) groups is 1. The summed E-state index contributed by atoms with van der Waals surface area (Å²) in [5.41, 5.74) is 2.70. The monoisotopic (exact) mass is 303 g/mol. The molecule has 0 spiro atoms. The van der Waals surface area contributed by atoms with E-state index in [9.17, 15) is 9.59 Å². The number of nitrogens with one attached hydrogen (secondary N) is 1. The molecule has 0 aromatic carbocycles. The van der Waals surface area contributed by atoms with Gasteiger partial charge in [-0.05, 0) is 42.7 Å². The summed E-state index contributed by atoms with van der Waals surface area (Å²) < 4.78 is 1.46. The number of rotatable bonds is 4. The Bertz CT molecular complexity index is 691. The molecule has 0 saturated heterocycles. The van der Waals surface area contributed by atoms with Crippen molar-refractivity contribution >= 4 is 17.2 Å². The molecule has 0 aliphatic heterocycles. The predicted molar refractivity (Wildman–Crippen MR) is 81.8 cm³/mol. The fourth-order valence-corrected chi connectivity index (χ4v) is 3.17. The van der Waals surface area contributed by atoms with Crippen LogP contribution in [-0.4, -0.2) is 22.2 Å². The van der Waals surface area contributed by atoms with E-state index in [1.807, 2.05) is 5.38 Å². The topological polar surface area (TPSA) is 64.0 Å². The molecule has 1 amide bonds. The van der Waals surface area contributed by atoms with Crippen LogP contribution in [0.5, 0.6) is 0 Å². The minimum absolute atomic E-state index is 0.0829. The van der Waals surface area contributed by atoms with E-state index in [1.54, 1.807) is 17.5 Å². The second-order valence-electron chi connectivity index (χ2n) is 5.15. The number of fused-ring (bicyclic) bond motifs is 1. The van der Waals surface area contributed by atoms with Crippen molar-refractivity contribution in [3.05, 3.63) is 50.1 Å². The van der Waals surface area contributed by atoms with Gasteiger partial charge in [0.15, 0.2) is 0 Å². The van der Waals surface area contributed by atoms with Crippen LogP contribution in [0.4, 0.5) is 0 Å². The Balaban J connectivity index is 1.63. The van der Waals surface area contributed by atoms with Gasteiger partial charge in [-0.15, -0.1) is 0 Å². The summed E-state index contributed by atoms with van der Waals surface area (Å²) in [7, 11) is 0. The highest BCUT2D eigenvalue weighted by Gasteiger charge is 2.13. The van der Waals surface area contributed by atoms with Gasteiger partial charge in [0, 0.05) is 23.6 Å². The molecule has 0 radical (unpaired) electrons. The molecule has 3 rings (SSSR count). The summed E-state index contributed by atoms with van der Waals surface area (Å²) in [6, 6.07) is 3.48. The zero-order chi connectivity index (χ0) is 14.7. The Kier molecular flexibility index (Phi) is 4.15. The molecule has 1 N–H and O–H groups in total. The molecule has 0 bridgehead atoms. The zero-order valence-corrected chi connectivity index (χ0v) is 12.5. The molecular weight excluding hydrogens is 286 g/mol. The lowest BCUT2D eigenvalue weighted by Crippen LogP contribution is -2.33. The van der Waals surface area contributed by atoms with Crippen LogP contribution in [0.1, 0.15) is 34.5 Å². The zero-order valence-electron chi connectivity index (χ0n) is 11.7. The molecule has 21 heavy (non-hydrogen) atoms. The van der Waals surface area contributed by atoms with Gasteiger partial charge in [0.25, 0.3) is 11.5 Å². The molecule has 1 aliphatic rings. The Morgan fingerprint density at radius 1 is 1.38 bits per heavy atom. The Morgan fingerprint density at radius 3 is 3.05 bits per heavy atom. The lowest BCUT2D eigenvalue weighted by atomic mass is 9.97. The molecular formula is C15H17N3O2S. The Labute approximate surface area is 126 Å². The van der Waals surface area contributed by atoms with Crippen molar-refractivity contribution in [2.24, 2.45) is 0 Å². The normalized spacial score (nSPS) is 13.7. The van der Waals surface area contributed by atoms with Crippen LogP contribution >= 0.6 is 11.3 Å². The van der Waals surface area contributed by atoms with E-state index in [2.05, 4.69) is 10.4 Å². The van der Waals surface area contributed by atoms with E-state index >= 15 is 0 Å². The van der Waals surface area contributed by atoms with Gasteiger partial charge in [0.2, 0.25) is 0 Å². The van der Waals surface area contributed by atoms with Gasteiger partial charge < -0.3 is 5.32 Å². The number of nitrogens with zero attached hydrogens (tertiary/aromatic N) is 2. The minimum atomic E-state index is -0.109. The van der Waals surface area contributed by atoms with Gasteiger partial charge in [0.05, 0.1) is 12.2 Å². The maximum Gasteiger partial charge on any atom is 0.267 e. The van der Waals surface area contributed by atoms with Crippen molar-refractivity contribution in [1.82, 2.24) is 15.1 Å². The van der Waals surface area contributed by atoms with Gasteiger partial charge in [-0.25, -0.2) is 4.68 Å². The second-order valence-corrected chi connectivity index (χ2v) is 5.93. The second kappa shape index (κ2) is 6.22. The summed E-state index contributed by atoms with van der Waals surface area (Å²) in [6.45, 7) is 0.808. The lowest BCUT2D eigenvalue weighted by Gasteiger charge is -2.15. The van der Waals surface area contributed by atoms with E-state index in [4.69, 9.17) is 0 Å². The van der Waals surface area contributed by atoms with Crippen LogP contribution in [0.3, 0.4) is 0 Å². The lowest BCUT2D eigenvalue weighted by molar-refractivity contribution is 0.0952. The number of hydrogen-bond acceptors (Lipinski definition) is 4. The van der Waals surface area contributed by atoms with E-state index < -0.39 is 0 Å². The van der Waals surface area contributed by atoms with E-state index in [1.165, 1.54) is 16.0 Å². The van der Waals surface area contributed by atoms with Crippen LogP contribution < -0.4 is 10.9 Å². The summed E-state index contributed by atoms with van der Waals surface area (Å²) in [5.74, 6) is -0.109. The molecule has 2 aromatic heterocycles. The summed E-state index contributed by atoms with van der Waals surface area (Å²) in [6.07, 6.45) is 4.16. The first-order valence-corrected chi connectivity index (χ1v) is 8.08. The Hall–Kier alpha value is -1.95. The molecule has 6 heteroatoms. The summed E-state index contributed by atoms with van der Waals surface area (Å²) in [4.78, 5) is 23.8. The molecule has 110 valence electrons. The van der Waals surface area contributed by atoms with Crippen LogP contribution in [0.2, 0.25) is 0 Å². The quantitative estimate of drug-likeness (QED) is 0.933. The molecule has 2 heterocycles. The number of aromatic nitrogens is 2. The third-order valence-corrected chi connectivity index (χ3v) is 4.35. The fourth-order valence-electron chi connectivity index (χ4n) is 2.53. The predicted octanol–water partition coefficient (Wildman–Crippen LogP) is 1.61. The highest BCUT2D eigenvalue weighted by Crippen LogP contribution is 2.16.